The van der Waals surface area contributed by atoms with Gasteiger partial charge in [0.05, 0.1) is 6.61 Å². The summed E-state index contributed by atoms with van der Waals surface area (Å²) in [6, 6.07) is 1.31. The highest BCUT2D eigenvalue weighted by Gasteiger charge is 2.19. The Morgan fingerprint density at radius 2 is 2.00 bits per heavy atom. The van der Waals surface area contributed by atoms with E-state index in [9.17, 15) is 0 Å². The van der Waals surface area contributed by atoms with E-state index in [4.69, 9.17) is 4.74 Å². The molecule has 0 aromatic rings. The van der Waals surface area contributed by atoms with Crippen LogP contribution in [0.3, 0.4) is 0 Å². The predicted molar refractivity (Wildman–Crippen MR) is 78.0 cm³/mol. The van der Waals surface area contributed by atoms with Crippen molar-refractivity contribution in [1.82, 2.24) is 10.2 Å². The van der Waals surface area contributed by atoms with E-state index in [-0.39, 0.29) is 0 Å². The Labute approximate surface area is 113 Å². The van der Waals surface area contributed by atoms with Crippen molar-refractivity contribution in [2.75, 3.05) is 32.8 Å². The third-order valence-corrected chi connectivity index (χ3v) is 3.71. The lowest BCUT2D eigenvalue weighted by molar-refractivity contribution is 0.0828. The quantitative estimate of drug-likeness (QED) is 0.642. The Morgan fingerprint density at radius 3 is 2.56 bits per heavy atom. The number of rotatable bonds is 9. The van der Waals surface area contributed by atoms with Crippen molar-refractivity contribution in [2.45, 2.75) is 59.0 Å². The maximum absolute atomic E-state index is 5.73. The second-order valence-corrected chi connectivity index (χ2v) is 6.18. The van der Waals surface area contributed by atoms with Crippen LogP contribution in [0.5, 0.6) is 0 Å². The fraction of sp³-hybridized carbons (Fsp3) is 1.00. The van der Waals surface area contributed by atoms with Crippen LogP contribution in [0.15, 0.2) is 0 Å². The maximum Gasteiger partial charge on any atom is 0.0593 e. The van der Waals surface area contributed by atoms with Gasteiger partial charge < -0.3 is 10.1 Å². The second kappa shape index (κ2) is 8.89. The Kier molecular flexibility index (Phi) is 7.87. The first kappa shape index (κ1) is 15.9. The minimum atomic E-state index is 0.612. The molecule has 1 aliphatic rings. The van der Waals surface area contributed by atoms with E-state index in [1.54, 1.807) is 0 Å². The molecule has 0 aromatic heterocycles. The zero-order valence-corrected chi connectivity index (χ0v) is 12.7. The number of ether oxygens (including phenoxy) is 1. The van der Waals surface area contributed by atoms with E-state index >= 15 is 0 Å². The van der Waals surface area contributed by atoms with Crippen LogP contribution in [0.4, 0.5) is 0 Å². The summed E-state index contributed by atoms with van der Waals surface area (Å²) in [5.74, 6) is 0.744. The highest BCUT2D eigenvalue weighted by molar-refractivity contribution is 4.79. The van der Waals surface area contributed by atoms with Crippen LogP contribution in [0.1, 0.15) is 47.0 Å². The number of hydrogen-bond acceptors (Lipinski definition) is 3. The molecule has 0 aliphatic carbocycles. The van der Waals surface area contributed by atoms with Gasteiger partial charge in [0.2, 0.25) is 0 Å². The molecule has 1 rings (SSSR count). The molecular weight excluding hydrogens is 224 g/mol. The number of hydrogen-bond donors (Lipinski definition) is 1. The average Bonchev–Trinajstić information content (AvgIpc) is 2.79. The zero-order chi connectivity index (χ0) is 13.4. The summed E-state index contributed by atoms with van der Waals surface area (Å²) in [6.45, 7) is 14.3. The van der Waals surface area contributed by atoms with Crippen LogP contribution < -0.4 is 5.32 Å². The van der Waals surface area contributed by atoms with Crippen molar-refractivity contribution < 1.29 is 4.74 Å². The summed E-state index contributed by atoms with van der Waals surface area (Å²) in [4.78, 5) is 2.54. The normalized spacial score (nSPS) is 20.5. The molecule has 0 spiro atoms. The van der Waals surface area contributed by atoms with Gasteiger partial charge in [0.25, 0.3) is 0 Å². The van der Waals surface area contributed by atoms with Crippen LogP contribution in [-0.2, 0) is 4.74 Å². The monoisotopic (exact) mass is 256 g/mol. The molecule has 0 amide bonds. The molecule has 1 saturated heterocycles. The molecule has 108 valence electrons. The topological polar surface area (TPSA) is 24.5 Å². The van der Waals surface area contributed by atoms with Gasteiger partial charge in [-0.05, 0) is 45.6 Å². The van der Waals surface area contributed by atoms with E-state index in [2.05, 4.69) is 37.9 Å². The Bertz CT molecular complexity index is 201. The molecule has 18 heavy (non-hydrogen) atoms. The molecule has 0 aromatic carbocycles. The minimum Gasteiger partial charge on any atom is -0.380 e. The van der Waals surface area contributed by atoms with Crippen molar-refractivity contribution in [3.63, 3.8) is 0 Å². The Morgan fingerprint density at radius 1 is 1.22 bits per heavy atom. The predicted octanol–water partition coefficient (Wildman–Crippen LogP) is 2.51. The first-order valence-electron chi connectivity index (χ1n) is 7.64. The van der Waals surface area contributed by atoms with Crippen molar-refractivity contribution in [3.05, 3.63) is 0 Å². The van der Waals surface area contributed by atoms with Gasteiger partial charge in [0.1, 0.15) is 0 Å². The average molecular weight is 256 g/mol. The standard InChI is InChI=1S/C15H32N2O/c1-13(2)7-10-18-11-9-17(14(3)4)12-15-6-5-8-16-15/h13-16H,5-12H2,1-4H3. The lowest BCUT2D eigenvalue weighted by Gasteiger charge is -2.29. The summed E-state index contributed by atoms with van der Waals surface area (Å²) in [5, 5.41) is 3.58. The van der Waals surface area contributed by atoms with E-state index in [1.165, 1.54) is 32.4 Å². The van der Waals surface area contributed by atoms with Gasteiger partial charge in [0.15, 0.2) is 0 Å². The van der Waals surface area contributed by atoms with E-state index < -0.39 is 0 Å². The summed E-state index contributed by atoms with van der Waals surface area (Å²) in [6.07, 6.45) is 3.84. The van der Waals surface area contributed by atoms with Crippen molar-refractivity contribution in [2.24, 2.45) is 5.92 Å². The zero-order valence-electron chi connectivity index (χ0n) is 12.7. The third-order valence-electron chi connectivity index (χ3n) is 3.71. The molecule has 1 N–H and O–H groups in total. The van der Waals surface area contributed by atoms with Gasteiger partial charge in [-0.25, -0.2) is 0 Å². The summed E-state index contributed by atoms with van der Waals surface area (Å²) < 4.78 is 5.73. The molecule has 1 atom stereocenters. The minimum absolute atomic E-state index is 0.612. The summed E-state index contributed by atoms with van der Waals surface area (Å²) in [5.41, 5.74) is 0. The summed E-state index contributed by atoms with van der Waals surface area (Å²) >= 11 is 0. The van der Waals surface area contributed by atoms with Crippen LogP contribution in [0.2, 0.25) is 0 Å². The molecule has 0 bridgehead atoms. The molecule has 3 nitrogen and oxygen atoms in total. The van der Waals surface area contributed by atoms with Gasteiger partial charge in [-0.1, -0.05) is 13.8 Å². The number of nitrogens with one attached hydrogen (secondary N) is 1. The van der Waals surface area contributed by atoms with E-state index in [0.29, 0.717) is 12.1 Å². The third kappa shape index (κ3) is 6.72. The van der Waals surface area contributed by atoms with Crippen molar-refractivity contribution in [3.8, 4) is 0 Å². The van der Waals surface area contributed by atoms with E-state index in [1.807, 2.05) is 0 Å². The second-order valence-electron chi connectivity index (χ2n) is 6.18. The van der Waals surface area contributed by atoms with Gasteiger partial charge in [0, 0.05) is 31.8 Å². The number of nitrogens with zero attached hydrogens (tertiary/aromatic N) is 1. The lowest BCUT2D eigenvalue weighted by atomic mass is 10.1. The largest absolute Gasteiger partial charge is 0.380 e. The van der Waals surface area contributed by atoms with Gasteiger partial charge >= 0.3 is 0 Å². The highest BCUT2D eigenvalue weighted by Crippen LogP contribution is 2.09. The van der Waals surface area contributed by atoms with Crippen LogP contribution in [-0.4, -0.2) is 49.8 Å². The van der Waals surface area contributed by atoms with Gasteiger partial charge in [-0.2, -0.15) is 0 Å². The molecule has 3 heteroatoms. The highest BCUT2D eigenvalue weighted by atomic mass is 16.5. The SMILES string of the molecule is CC(C)CCOCCN(CC1CCCN1)C(C)C. The van der Waals surface area contributed by atoms with Crippen molar-refractivity contribution >= 4 is 0 Å². The lowest BCUT2D eigenvalue weighted by Crippen LogP contribution is -2.42. The van der Waals surface area contributed by atoms with Crippen molar-refractivity contribution in [1.29, 1.82) is 0 Å². The molecule has 0 radical (unpaired) electrons. The van der Waals surface area contributed by atoms with Gasteiger partial charge in [-0.3, -0.25) is 4.90 Å². The first-order chi connectivity index (χ1) is 8.59. The molecule has 1 aliphatic heterocycles. The fourth-order valence-electron chi connectivity index (χ4n) is 2.36. The smallest absolute Gasteiger partial charge is 0.0593 e. The molecule has 1 fully saturated rings. The fourth-order valence-corrected chi connectivity index (χ4v) is 2.36. The maximum atomic E-state index is 5.73. The van der Waals surface area contributed by atoms with Gasteiger partial charge in [-0.15, -0.1) is 0 Å². The van der Waals surface area contributed by atoms with Crippen LogP contribution in [0.25, 0.3) is 0 Å². The Hall–Kier alpha value is -0.120. The Balaban J connectivity index is 2.13. The first-order valence-corrected chi connectivity index (χ1v) is 7.64. The van der Waals surface area contributed by atoms with Crippen LogP contribution in [0, 0.1) is 5.92 Å². The summed E-state index contributed by atoms with van der Waals surface area (Å²) in [7, 11) is 0. The van der Waals surface area contributed by atoms with E-state index in [0.717, 1.165) is 25.7 Å². The van der Waals surface area contributed by atoms with Crippen LogP contribution >= 0.6 is 0 Å². The molecule has 0 saturated carbocycles. The molecule has 1 unspecified atom stereocenters. The molecular formula is C15H32N2O. The molecule has 1 heterocycles.